The van der Waals surface area contributed by atoms with Crippen molar-refractivity contribution in [2.24, 2.45) is 37.9 Å². The van der Waals surface area contributed by atoms with Gasteiger partial charge in [0.25, 0.3) is 0 Å². The molecule has 112 heavy (non-hydrogen) atoms. The van der Waals surface area contributed by atoms with Crippen molar-refractivity contribution in [3.05, 3.63) is 146 Å². The van der Waals surface area contributed by atoms with Crippen LogP contribution >= 0.6 is 0 Å². The van der Waals surface area contributed by atoms with Crippen LogP contribution in [0.5, 0.6) is 17.2 Å². The van der Waals surface area contributed by atoms with Crippen molar-refractivity contribution >= 4 is 38.4 Å². The summed E-state index contributed by atoms with van der Waals surface area (Å²) >= 11 is 0. The van der Waals surface area contributed by atoms with E-state index in [1.165, 1.54) is 25.3 Å². The number of hydrogen-bond donors (Lipinski definition) is 2. The van der Waals surface area contributed by atoms with Crippen LogP contribution < -0.4 is 19.1 Å². The predicted octanol–water partition coefficient (Wildman–Crippen LogP) is 20.0. The van der Waals surface area contributed by atoms with Gasteiger partial charge in [-0.2, -0.15) is 5.10 Å². The molecule has 16 nitrogen and oxygen atoms in total. The zero-order valence-electron chi connectivity index (χ0n) is 73.1. The van der Waals surface area contributed by atoms with E-state index < -0.39 is 11.2 Å². The Hall–Kier alpha value is -8.58. The predicted molar refractivity (Wildman–Crippen MR) is 466 cm³/mol. The van der Waals surface area contributed by atoms with Gasteiger partial charge in [0, 0.05) is 158 Å². The van der Waals surface area contributed by atoms with Crippen LogP contribution in [-0.4, -0.2) is 145 Å². The summed E-state index contributed by atoms with van der Waals surface area (Å²) in [6, 6.07) is 33.9. The summed E-state index contributed by atoms with van der Waals surface area (Å²) in [5.41, 5.74) is 4.17. The highest BCUT2D eigenvalue weighted by molar-refractivity contribution is 5.85. The maximum Gasteiger partial charge on any atom is 0.147 e. The number of aryl methyl sites for hydroxylation is 1. The van der Waals surface area contributed by atoms with Gasteiger partial charge in [-0.25, -0.2) is 9.67 Å². The second kappa shape index (κ2) is 44.2. The zero-order valence-corrected chi connectivity index (χ0v) is 73.1. The van der Waals surface area contributed by atoms with Gasteiger partial charge < -0.3 is 34.1 Å². The van der Waals surface area contributed by atoms with Crippen LogP contribution in [0.4, 0.5) is 5.69 Å². The molecule has 8 aromatic rings. The topological polar surface area (TPSA) is 169 Å². The summed E-state index contributed by atoms with van der Waals surface area (Å²) in [6.07, 6.45) is 14.6. The molecule has 0 saturated carbocycles. The molecular weight excluding hydrogens is 1390 g/mol. The maximum absolute atomic E-state index is 9.98. The summed E-state index contributed by atoms with van der Waals surface area (Å²) in [5.74, 6) is 29.7. The molecule has 0 spiro atoms. The van der Waals surface area contributed by atoms with Crippen molar-refractivity contribution in [3.63, 3.8) is 0 Å². The van der Waals surface area contributed by atoms with E-state index in [1.807, 2.05) is 150 Å². The molecule has 11 rings (SSSR count). The lowest BCUT2D eigenvalue weighted by molar-refractivity contribution is -0.0263. The van der Waals surface area contributed by atoms with E-state index in [2.05, 4.69) is 229 Å². The van der Waals surface area contributed by atoms with Gasteiger partial charge in [-0.1, -0.05) is 128 Å². The van der Waals surface area contributed by atoms with Crippen molar-refractivity contribution in [1.29, 1.82) is 0 Å². The lowest BCUT2D eigenvalue weighted by Crippen LogP contribution is -2.48. The number of benzene rings is 3. The number of nitrogens with zero attached hydrogens (tertiary/aromatic N) is 10. The highest BCUT2D eigenvalue weighted by Gasteiger charge is 2.28. The van der Waals surface area contributed by atoms with Crippen LogP contribution in [0.1, 0.15) is 216 Å². The number of aromatic nitrogens is 7. The van der Waals surface area contributed by atoms with Gasteiger partial charge in [0.2, 0.25) is 0 Å². The Balaban J connectivity index is 0.000000236. The molecule has 2 fully saturated rings. The molecule has 3 aliphatic heterocycles. The van der Waals surface area contributed by atoms with E-state index in [0.717, 1.165) is 133 Å². The summed E-state index contributed by atoms with van der Waals surface area (Å²) in [4.78, 5) is 28.9. The van der Waals surface area contributed by atoms with Crippen LogP contribution in [0.2, 0.25) is 0 Å². The highest BCUT2D eigenvalue weighted by atomic mass is 16.5. The first-order valence-corrected chi connectivity index (χ1v) is 40.2. The minimum atomic E-state index is -0.800. The van der Waals surface area contributed by atoms with Crippen molar-refractivity contribution < 1.29 is 29.2 Å². The molecule has 0 radical (unpaired) electrons. The third-order valence-corrected chi connectivity index (χ3v) is 16.7. The Morgan fingerprint density at radius 3 is 1.51 bits per heavy atom. The molecule has 3 aromatic carbocycles. The minimum Gasteiger partial charge on any atom is -0.493 e. The van der Waals surface area contributed by atoms with Crippen molar-refractivity contribution in [3.8, 4) is 64.6 Å². The van der Waals surface area contributed by atoms with Gasteiger partial charge in [0.15, 0.2) is 0 Å². The average molecular weight is 1530 g/mol. The minimum absolute atomic E-state index is 0.0337. The number of fused-ring (bicyclic) bond motifs is 4. The first-order chi connectivity index (χ1) is 52.3. The molecule has 0 bridgehead atoms. The Kier molecular flexibility index (Phi) is 37.1. The SMILES string of the molecule is CC(C)(C)C#CC1(O)CCOCC1.CC(C)(C)C#CCCOc1ccc2cccnc2c1.CC(C)(C)C#CCCOc1ccc2ncccc2c1.CC(C)(C)C#CCCOc1cccc2ncccc12.CC(C)(C)CCC(C)(C)O.CC(C)(C)CN1CCN(c2ccncc2)CC1.Cc1nc2n(n1)CCN(CC(C)(C)C)C2. The van der Waals surface area contributed by atoms with Gasteiger partial charge in [-0.15, -0.1) is 0 Å². The maximum atomic E-state index is 9.98. The van der Waals surface area contributed by atoms with Crippen LogP contribution in [0, 0.1) is 92.2 Å². The van der Waals surface area contributed by atoms with E-state index in [-0.39, 0.29) is 21.7 Å². The van der Waals surface area contributed by atoms with Crippen LogP contribution in [-0.2, 0) is 17.8 Å². The van der Waals surface area contributed by atoms with Gasteiger partial charge in [0.1, 0.15) is 34.5 Å². The number of ether oxygens (including phenoxy) is 4. The standard InChI is InChI=1S/3C17H19NO.C14H23N3.C11H20N4.C11H18O2.C9H20O/c1-17(2,3)11-4-5-13-19-16-10-6-9-15-14(16)8-7-12-18-15;1-17(2,3)10-4-5-12-19-15-8-9-16-14(13-15)7-6-11-18-16;1-17(2,3)10-4-5-12-19-15-9-8-14-7-6-11-18-16(14)13-15;1-14(2,3)12-16-8-10-17(11-9-16)13-4-6-15-7-5-13;1-9-12-10-7-14(8-11(2,3)4)5-6-15(10)13-9;1-10(2,3)4-5-11(12)6-8-13-9-7-11;1-8(2,3)6-7-9(4,5)10/h6-10,12H,5,13H2,1-3H3;2*6-9,11,13H,5,12H2,1-3H3;4-7H,8-12H2,1-3H3;5-8H2,1-4H3;12H,6-9H2,1-3H3;10H,6-7H2,1-5H3. The second-order valence-corrected chi connectivity index (χ2v) is 37.6. The number of piperazine rings is 1. The van der Waals surface area contributed by atoms with Crippen molar-refractivity contribution in [1.82, 2.24) is 44.5 Å². The average Bonchev–Trinajstić information content (AvgIpc) is 1.65. The summed E-state index contributed by atoms with van der Waals surface area (Å²) in [7, 11) is 0. The lowest BCUT2D eigenvalue weighted by atomic mass is 9.86. The fourth-order valence-electron chi connectivity index (χ4n) is 11.4. The summed E-state index contributed by atoms with van der Waals surface area (Å²) in [6.45, 7) is 64.1. The quantitative estimate of drug-likeness (QED) is 0.0778. The van der Waals surface area contributed by atoms with E-state index >= 15 is 0 Å². The van der Waals surface area contributed by atoms with Crippen molar-refractivity contribution in [2.45, 2.75) is 235 Å². The van der Waals surface area contributed by atoms with Gasteiger partial charge >= 0.3 is 0 Å². The monoisotopic (exact) mass is 1530 g/mol. The number of anilines is 1. The molecule has 0 amide bonds. The van der Waals surface area contributed by atoms with E-state index in [4.69, 9.17) is 18.9 Å². The Labute approximate surface area is 675 Å². The highest BCUT2D eigenvalue weighted by Crippen LogP contribution is 2.28. The van der Waals surface area contributed by atoms with Gasteiger partial charge in [0.05, 0.1) is 68.3 Å². The van der Waals surface area contributed by atoms with Gasteiger partial charge in [-0.3, -0.25) is 29.7 Å². The molecule has 0 unspecified atom stereocenters. The third kappa shape index (κ3) is 41.8. The largest absolute Gasteiger partial charge is 0.493 e. The fourth-order valence-corrected chi connectivity index (χ4v) is 11.4. The molecule has 16 heteroatoms. The Bertz CT molecular complexity index is 4220. The molecule has 8 heterocycles. The normalized spacial score (nSPS) is 14.5. The lowest BCUT2D eigenvalue weighted by Gasteiger charge is -2.38. The number of aliphatic hydroxyl groups is 2. The van der Waals surface area contributed by atoms with E-state index in [1.54, 1.807) is 18.6 Å². The van der Waals surface area contributed by atoms with Gasteiger partial charge in [-0.05, 0) is 212 Å². The summed E-state index contributed by atoms with van der Waals surface area (Å²) in [5, 5.41) is 27.0. The van der Waals surface area contributed by atoms with Crippen LogP contribution in [0.3, 0.4) is 0 Å². The molecule has 608 valence electrons. The molecule has 0 atom stereocenters. The number of hydrogen-bond acceptors (Lipinski definition) is 15. The van der Waals surface area contributed by atoms with Crippen LogP contribution in [0.25, 0.3) is 32.7 Å². The smallest absolute Gasteiger partial charge is 0.147 e. The van der Waals surface area contributed by atoms with Crippen molar-refractivity contribution in [2.75, 3.05) is 83.7 Å². The summed E-state index contributed by atoms with van der Waals surface area (Å²) < 4.78 is 24.4. The fraction of sp³-hybridized carbons (Fsp3) is 0.562. The second-order valence-electron chi connectivity index (χ2n) is 37.6. The molecule has 3 aliphatic rings. The first kappa shape index (κ1) is 94.0. The van der Waals surface area contributed by atoms with E-state index in [9.17, 15) is 10.2 Å². The zero-order chi connectivity index (χ0) is 82.9. The molecule has 0 aliphatic carbocycles. The first-order valence-electron chi connectivity index (χ1n) is 40.2. The number of rotatable bonds is 14. The molecular formula is C96H138N10O6. The Morgan fingerprint density at radius 2 is 0.973 bits per heavy atom. The molecule has 5 aromatic heterocycles. The van der Waals surface area contributed by atoms with E-state index in [0.29, 0.717) is 62.1 Å². The molecule has 2 saturated heterocycles. The molecule has 2 N–H and O–H groups in total. The Morgan fingerprint density at radius 1 is 0.473 bits per heavy atom. The third-order valence-electron chi connectivity index (χ3n) is 16.7. The van der Waals surface area contributed by atoms with Crippen LogP contribution in [0.15, 0.2) is 134 Å². The number of pyridine rings is 4.